The lowest BCUT2D eigenvalue weighted by Gasteiger charge is -2.26. The van der Waals surface area contributed by atoms with Crippen molar-refractivity contribution < 1.29 is 32.6 Å². The number of rotatable bonds is 14. The fraction of sp³-hybridized carbons (Fsp3) is 0.500. The Hall–Kier alpha value is -3.01. The highest BCUT2D eigenvalue weighted by Gasteiger charge is 2.34. The minimum absolute atomic E-state index is 0.163. The highest BCUT2D eigenvalue weighted by Crippen LogP contribution is 2.30. The van der Waals surface area contributed by atoms with Gasteiger partial charge in [-0.1, -0.05) is 18.2 Å². The number of halogens is 3. The molecule has 10 nitrogen and oxygen atoms in total. The van der Waals surface area contributed by atoms with Crippen LogP contribution in [0.15, 0.2) is 42.5 Å². The first-order valence-corrected chi connectivity index (χ1v) is 13.9. The van der Waals surface area contributed by atoms with Crippen molar-refractivity contribution in [1.82, 2.24) is 10.2 Å². The molecule has 2 amide bonds. The second-order valence-corrected chi connectivity index (χ2v) is 10.9. The third-order valence-corrected chi connectivity index (χ3v) is 7.33. The first-order valence-electron chi connectivity index (χ1n) is 13.9. The number of carbonyl (C=O) groups is 2. The molecule has 2 atom stereocenters. The van der Waals surface area contributed by atoms with E-state index in [0.717, 1.165) is 23.2 Å². The lowest BCUT2D eigenvalue weighted by Crippen LogP contribution is -2.53. The minimum atomic E-state index is -4.52. The number of carbonyl (C=O) groups excluding carboxylic acids is 2. The van der Waals surface area contributed by atoms with Crippen molar-refractivity contribution in [2.75, 3.05) is 37.8 Å². The van der Waals surface area contributed by atoms with E-state index in [2.05, 4.69) is 10.2 Å². The van der Waals surface area contributed by atoms with E-state index < -0.39 is 41.2 Å². The van der Waals surface area contributed by atoms with Crippen LogP contribution in [0.1, 0.15) is 43.4 Å². The van der Waals surface area contributed by atoms with E-state index in [1.165, 1.54) is 12.1 Å². The molecule has 0 spiro atoms. The molecular weight excluding hydrogens is 552 g/mol. The molecule has 0 unspecified atom stereocenters. The highest BCUT2D eigenvalue weighted by molar-refractivity contribution is 6.49. The predicted molar refractivity (Wildman–Crippen MR) is 155 cm³/mol. The lowest BCUT2D eigenvalue weighted by molar-refractivity contribution is -0.137. The largest absolute Gasteiger partial charge is 0.426 e. The molecule has 0 saturated heterocycles. The summed E-state index contributed by atoms with van der Waals surface area (Å²) < 4.78 is 44.9. The smallest absolute Gasteiger partial charge is 0.416 e. The molecule has 0 aromatic heterocycles. The molecule has 2 aromatic rings. The Kier molecular flexibility index (Phi) is 11.5. The van der Waals surface area contributed by atoms with Crippen molar-refractivity contribution in [2.24, 2.45) is 17.2 Å². The maximum Gasteiger partial charge on any atom is 0.416 e. The number of amides is 2. The summed E-state index contributed by atoms with van der Waals surface area (Å²) >= 11 is 0. The standard InChI is InChI=1S/C28H40BF3N6O4/c1-27(2)21-10-9-20(17-22(21)29-42-27)38(41)26(40)24(16-18-5-7-19(8-6-18)28(30,31)32)36-25(39)23(35)4-3-13-37(14-11-33)15-12-34/h5-10,17,23-24,29,41H,3-4,11-16,33-35H2,1-2H3,(H,36,39)/t23-,24+/m0/s1. The summed E-state index contributed by atoms with van der Waals surface area (Å²) in [5, 5.41) is 13.9. The Morgan fingerprint density at radius 3 is 2.31 bits per heavy atom. The number of anilines is 1. The molecule has 0 fully saturated rings. The Balaban J connectivity index is 1.76. The van der Waals surface area contributed by atoms with Gasteiger partial charge in [0.05, 0.1) is 22.9 Å². The van der Waals surface area contributed by atoms with Gasteiger partial charge in [0.15, 0.2) is 0 Å². The summed E-state index contributed by atoms with van der Waals surface area (Å²) in [7, 11) is 0.298. The molecule has 0 saturated carbocycles. The number of nitrogens with one attached hydrogen (secondary N) is 1. The number of hydrogen-bond donors (Lipinski definition) is 5. The maximum atomic E-state index is 13.5. The topological polar surface area (TPSA) is 160 Å². The Morgan fingerprint density at radius 1 is 1.07 bits per heavy atom. The van der Waals surface area contributed by atoms with Crippen LogP contribution in [0.4, 0.5) is 18.9 Å². The summed E-state index contributed by atoms with van der Waals surface area (Å²) in [4.78, 5) is 28.6. The lowest BCUT2D eigenvalue weighted by atomic mass is 9.84. The highest BCUT2D eigenvalue weighted by atomic mass is 19.4. The second-order valence-electron chi connectivity index (χ2n) is 10.9. The quantitative estimate of drug-likeness (QED) is 0.122. The van der Waals surface area contributed by atoms with Crippen LogP contribution in [0, 0.1) is 0 Å². The second kappa shape index (κ2) is 14.4. The molecule has 230 valence electrons. The van der Waals surface area contributed by atoms with E-state index in [1.807, 2.05) is 13.8 Å². The number of nitrogens with two attached hydrogens (primary N) is 3. The van der Waals surface area contributed by atoms with Crippen molar-refractivity contribution >= 4 is 30.4 Å². The van der Waals surface area contributed by atoms with Gasteiger partial charge in [-0.3, -0.25) is 14.8 Å². The molecule has 0 aliphatic carbocycles. The van der Waals surface area contributed by atoms with Crippen LogP contribution in [-0.4, -0.2) is 74.2 Å². The zero-order valence-corrected chi connectivity index (χ0v) is 24.0. The minimum Gasteiger partial charge on any atom is -0.426 e. The first kappa shape index (κ1) is 33.5. The maximum absolute atomic E-state index is 13.5. The zero-order chi connectivity index (χ0) is 31.1. The Bertz CT molecular complexity index is 1210. The van der Waals surface area contributed by atoms with E-state index in [9.17, 15) is 28.0 Å². The van der Waals surface area contributed by atoms with Crippen LogP contribution in [0.5, 0.6) is 0 Å². The van der Waals surface area contributed by atoms with Gasteiger partial charge in [0.1, 0.15) is 6.04 Å². The monoisotopic (exact) mass is 592 g/mol. The van der Waals surface area contributed by atoms with Crippen molar-refractivity contribution in [3.8, 4) is 0 Å². The van der Waals surface area contributed by atoms with Gasteiger partial charge in [-0.25, -0.2) is 0 Å². The number of benzene rings is 2. The van der Waals surface area contributed by atoms with Crippen molar-refractivity contribution in [1.29, 1.82) is 0 Å². The van der Waals surface area contributed by atoms with Gasteiger partial charge >= 0.3 is 13.7 Å². The average Bonchev–Trinajstić information content (AvgIpc) is 3.25. The Morgan fingerprint density at radius 2 is 1.71 bits per heavy atom. The molecule has 0 radical (unpaired) electrons. The van der Waals surface area contributed by atoms with E-state index in [0.29, 0.717) is 63.7 Å². The number of fused-ring (bicyclic) bond motifs is 1. The van der Waals surface area contributed by atoms with Crippen LogP contribution in [0.3, 0.4) is 0 Å². The molecule has 14 heteroatoms. The summed E-state index contributed by atoms with van der Waals surface area (Å²) in [6.07, 6.45) is -3.81. The molecule has 42 heavy (non-hydrogen) atoms. The molecular formula is C28H40BF3N6O4. The Labute approximate surface area is 244 Å². The summed E-state index contributed by atoms with van der Waals surface area (Å²) in [6.45, 7) is 6.69. The van der Waals surface area contributed by atoms with Gasteiger partial charge in [0.2, 0.25) is 5.91 Å². The van der Waals surface area contributed by atoms with Crippen molar-refractivity contribution in [2.45, 2.75) is 57.0 Å². The molecule has 1 aliphatic rings. The van der Waals surface area contributed by atoms with Gasteiger partial charge in [-0.05, 0) is 74.1 Å². The van der Waals surface area contributed by atoms with E-state index in [-0.39, 0.29) is 12.1 Å². The van der Waals surface area contributed by atoms with Crippen LogP contribution in [-0.2, 0) is 32.4 Å². The number of alkyl halides is 3. The zero-order valence-electron chi connectivity index (χ0n) is 24.0. The number of hydroxylamine groups is 1. The molecule has 1 heterocycles. The fourth-order valence-corrected chi connectivity index (χ4v) is 4.94. The average molecular weight is 592 g/mol. The van der Waals surface area contributed by atoms with Gasteiger partial charge in [-0.15, -0.1) is 0 Å². The van der Waals surface area contributed by atoms with Crippen molar-refractivity contribution in [3.63, 3.8) is 0 Å². The molecule has 1 aliphatic heterocycles. The summed E-state index contributed by atoms with van der Waals surface area (Å²) in [6, 6.07) is 6.93. The number of nitrogens with zero attached hydrogens (tertiary/aromatic N) is 2. The van der Waals surface area contributed by atoms with E-state index in [4.69, 9.17) is 21.9 Å². The number of hydrogen-bond acceptors (Lipinski definition) is 8. The molecule has 8 N–H and O–H groups in total. The van der Waals surface area contributed by atoms with Gasteiger partial charge < -0.3 is 32.1 Å². The first-order chi connectivity index (χ1) is 19.8. The van der Waals surface area contributed by atoms with Crippen LogP contribution in [0.2, 0.25) is 0 Å². The molecule has 2 aromatic carbocycles. The normalized spacial score (nSPS) is 15.6. The fourth-order valence-electron chi connectivity index (χ4n) is 4.94. The third kappa shape index (κ3) is 8.75. The van der Waals surface area contributed by atoms with Gasteiger partial charge in [-0.2, -0.15) is 18.2 Å². The SMILES string of the molecule is CC1(C)OBc2cc(N(O)C(=O)[C@@H](Cc3ccc(C(F)(F)F)cc3)NC(=O)[C@@H](N)CCCN(CCN)CCN)ccc21. The van der Waals surface area contributed by atoms with Gasteiger partial charge in [0.25, 0.3) is 5.91 Å². The van der Waals surface area contributed by atoms with Crippen LogP contribution < -0.4 is 33.0 Å². The van der Waals surface area contributed by atoms with Crippen molar-refractivity contribution in [3.05, 3.63) is 59.2 Å². The van der Waals surface area contributed by atoms with Gasteiger partial charge in [0, 0.05) is 32.6 Å². The molecule has 3 rings (SSSR count). The van der Waals surface area contributed by atoms with E-state index in [1.54, 1.807) is 18.2 Å². The van der Waals surface area contributed by atoms with E-state index >= 15 is 0 Å². The summed E-state index contributed by atoms with van der Waals surface area (Å²) in [5.74, 6) is -1.49. The van der Waals surface area contributed by atoms with Crippen LogP contribution in [0.25, 0.3) is 0 Å². The third-order valence-electron chi connectivity index (χ3n) is 7.33. The molecule has 0 bridgehead atoms. The summed E-state index contributed by atoms with van der Waals surface area (Å²) in [5.41, 5.74) is 18.3. The predicted octanol–water partition coefficient (Wildman–Crippen LogP) is 0.724. The van der Waals surface area contributed by atoms with Crippen LogP contribution >= 0.6 is 0 Å².